The molecular weight excluding hydrogens is 202 g/mol. The Kier molecular flexibility index (Phi) is 3.12. The Balaban J connectivity index is 1.88. The van der Waals surface area contributed by atoms with Crippen LogP contribution in [0.25, 0.3) is 0 Å². The Morgan fingerprint density at radius 1 is 1.31 bits per heavy atom. The van der Waals surface area contributed by atoms with Crippen LogP contribution in [0.5, 0.6) is 5.75 Å². The predicted octanol–water partition coefficient (Wildman–Crippen LogP) is 2.25. The zero-order chi connectivity index (χ0) is 11.4. The quantitative estimate of drug-likeness (QED) is 0.823. The average Bonchev–Trinajstić information content (AvgIpc) is 3.08. The number of hydrogen-bond acceptors (Lipinski definition) is 3. The molecule has 1 saturated carbocycles. The molecule has 1 fully saturated rings. The maximum atomic E-state index is 8.89. The third kappa shape index (κ3) is 2.53. The van der Waals surface area contributed by atoms with Gasteiger partial charge in [-0.25, -0.2) is 0 Å². The van der Waals surface area contributed by atoms with Crippen molar-refractivity contribution in [3.8, 4) is 11.8 Å². The van der Waals surface area contributed by atoms with Crippen LogP contribution in [-0.4, -0.2) is 11.7 Å². The Bertz CT molecular complexity index is 387. The molecule has 3 nitrogen and oxygen atoms in total. The molecule has 0 amide bonds. The van der Waals surface area contributed by atoms with Gasteiger partial charge in [-0.15, -0.1) is 0 Å². The highest BCUT2D eigenvalue weighted by Crippen LogP contribution is 2.48. The summed E-state index contributed by atoms with van der Waals surface area (Å²) in [5.74, 6) is 0.807. The smallest absolute Gasteiger partial charge is 0.119 e. The van der Waals surface area contributed by atoms with Crippen molar-refractivity contribution in [1.29, 1.82) is 5.26 Å². The van der Waals surface area contributed by atoms with Gasteiger partial charge in [-0.2, -0.15) is 5.26 Å². The molecule has 0 aromatic heterocycles. The molecule has 16 heavy (non-hydrogen) atoms. The summed E-state index contributed by atoms with van der Waals surface area (Å²) in [6.07, 6.45) is 2.77. The van der Waals surface area contributed by atoms with Gasteiger partial charge in [-0.3, -0.25) is 0 Å². The first-order valence-corrected chi connectivity index (χ1v) is 5.48. The van der Waals surface area contributed by atoms with E-state index in [0.29, 0.717) is 13.0 Å². The van der Waals surface area contributed by atoms with E-state index >= 15 is 0 Å². The number of nitriles is 1. The first-order chi connectivity index (χ1) is 7.78. The predicted molar refractivity (Wildman–Crippen MR) is 59.8 cm³/mol. The van der Waals surface area contributed by atoms with Crippen LogP contribution in [-0.2, 0) is 6.61 Å². The normalized spacial score (nSPS) is 16.5. The summed E-state index contributed by atoms with van der Waals surface area (Å²) in [4.78, 5) is 0. The second-order valence-electron chi connectivity index (χ2n) is 4.43. The Labute approximate surface area is 95.3 Å². The summed E-state index contributed by atoms with van der Waals surface area (Å²) < 4.78 is 5.65. The number of rotatable bonds is 5. The maximum Gasteiger partial charge on any atom is 0.119 e. The number of hydrogen-bond donors (Lipinski definition) is 1. The van der Waals surface area contributed by atoms with Crippen LogP contribution in [0.15, 0.2) is 24.3 Å². The first-order valence-electron chi connectivity index (χ1n) is 5.48. The zero-order valence-electron chi connectivity index (χ0n) is 9.15. The third-order valence-electron chi connectivity index (χ3n) is 3.06. The minimum Gasteiger partial charge on any atom is -0.493 e. The molecule has 0 bridgehead atoms. The monoisotopic (exact) mass is 217 g/mol. The van der Waals surface area contributed by atoms with Crippen LogP contribution >= 0.6 is 0 Å². The fourth-order valence-electron chi connectivity index (χ4n) is 1.64. The first kappa shape index (κ1) is 11.0. The van der Waals surface area contributed by atoms with Gasteiger partial charge < -0.3 is 9.84 Å². The van der Waals surface area contributed by atoms with Crippen molar-refractivity contribution >= 4 is 0 Å². The van der Waals surface area contributed by atoms with Crippen LogP contribution in [0.2, 0.25) is 0 Å². The van der Waals surface area contributed by atoms with Crippen LogP contribution < -0.4 is 4.74 Å². The lowest BCUT2D eigenvalue weighted by atomic mass is 10.1. The average molecular weight is 217 g/mol. The number of benzene rings is 1. The second-order valence-corrected chi connectivity index (χ2v) is 4.43. The Hall–Kier alpha value is -1.53. The lowest BCUT2D eigenvalue weighted by Gasteiger charge is -2.12. The van der Waals surface area contributed by atoms with Crippen molar-refractivity contribution in [1.82, 2.24) is 0 Å². The van der Waals surface area contributed by atoms with Gasteiger partial charge in [0.2, 0.25) is 0 Å². The van der Waals surface area contributed by atoms with Crippen LogP contribution in [0.3, 0.4) is 0 Å². The van der Waals surface area contributed by atoms with Gasteiger partial charge in [0, 0.05) is 11.8 Å². The summed E-state index contributed by atoms with van der Waals surface area (Å²) in [7, 11) is 0. The summed E-state index contributed by atoms with van der Waals surface area (Å²) >= 11 is 0. The molecule has 1 aromatic rings. The number of aliphatic hydroxyl groups excluding tert-OH is 1. The standard InChI is InChI=1S/C13H15NO2/c14-8-7-13(5-6-13)10-16-12-3-1-11(9-15)2-4-12/h1-4,15H,5-7,9-10H2. The fourth-order valence-corrected chi connectivity index (χ4v) is 1.64. The van der Waals surface area contributed by atoms with Crippen molar-refractivity contribution in [3.63, 3.8) is 0 Å². The molecule has 0 saturated heterocycles. The molecule has 3 heteroatoms. The van der Waals surface area contributed by atoms with Crippen molar-refractivity contribution in [3.05, 3.63) is 29.8 Å². The van der Waals surface area contributed by atoms with Gasteiger partial charge in [-0.05, 0) is 30.5 Å². The SMILES string of the molecule is N#CCC1(COc2ccc(CO)cc2)CC1. The van der Waals surface area contributed by atoms with Gasteiger partial charge in [0.15, 0.2) is 0 Å². The summed E-state index contributed by atoms with van der Waals surface area (Å²) in [6.45, 7) is 0.678. The molecule has 84 valence electrons. The fraction of sp³-hybridized carbons (Fsp3) is 0.462. The summed E-state index contributed by atoms with van der Waals surface area (Å²) in [5, 5.41) is 17.6. The van der Waals surface area contributed by atoms with Gasteiger partial charge in [0.1, 0.15) is 5.75 Å². The van der Waals surface area contributed by atoms with Crippen LogP contribution in [0, 0.1) is 16.7 Å². The zero-order valence-corrected chi connectivity index (χ0v) is 9.15. The second kappa shape index (κ2) is 4.54. The lowest BCUT2D eigenvalue weighted by molar-refractivity contribution is 0.236. The van der Waals surface area contributed by atoms with Crippen molar-refractivity contribution in [2.45, 2.75) is 25.9 Å². The van der Waals surface area contributed by atoms with Crippen molar-refractivity contribution in [2.24, 2.45) is 5.41 Å². The molecule has 0 spiro atoms. The molecule has 0 unspecified atom stereocenters. The van der Waals surface area contributed by atoms with Gasteiger partial charge in [0.05, 0.1) is 19.3 Å². The third-order valence-corrected chi connectivity index (χ3v) is 3.06. The molecule has 0 heterocycles. The maximum absolute atomic E-state index is 8.89. The van der Waals surface area contributed by atoms with E-state index in [2.05, 4.69) is 6.07 Å². The number of ether oxygens (including phenoxy) is 1. The highest BCUT2D eigenvalue weighted by molar-refractivity contribution is 5.27. The minimum absolute atomic E-state index is 0.0542. The molecule has 0 atom stereocenters. The van der Waals surface area contributed by atoms with Gasteiger partial charge in [-0.1, -0.05) is 12.1 Å². The van der Waals surface area contributed by atoms with Crippen molar-refractivity contribution < 1.29 is 9.84 Å². The van der Waals surface area contributed by atoms with Gasteiger partial charge in [0.25, 0.3) is 0 Å². The van der Waals surface area contributed by atoms with E-state index in [1.807, 2.05) is 24.3 Å². The minimum atomic E-state index is 0.0542. The van der Waals surface area contributed by atoms with Gasteiger partial charge >= 0.3 is 0 Å². The summed E-state index contributed by atoms with van der Waals surface area (Å²) in [6, 6.07) is 9.62. The molecule has 2 rings (SSSR count). The van der Waals surface area contributed by atoms with E-state index in [0.717, 1.165) is 24.2 Å². The van der Waals surface area contributed by atoms with E-state index in [1.165, 1.54) is 0 Å². The van der Waals surface area contributed by atoms with E-state index in [4.69, 9.17) is 15.1 Å². The molecule has 1 aliphatic carbocycles. The summed E-state index contributed by atoms with van der Waals surface area (Å²) in [5.41, 5.74) is 0.996. The van der Waals surface area contributed by atoms with Crippen LogP contribution in [0.1, 0.15) is 24.8 Å². The molecule has 0 aliphatic heterocycles. The van der Waals surface area contributed by atoms with Crippen molar-refractivity contribution in [2.75, 3.05) is 6.61 Å². The van der Waals surface area contributed by atoms with E-state index in [9.17, 15) is 0 Å². The topological polar surface area (TPSA) is 53.2 Å². The van der Waals surface area contributed by atoms with E-state index in [-0.39, 0.29) is 12.0 Å². The molecule has 1 aromatic carbocycles. The number of nitrogens with zero attached hydrogens (tertiary/aromatic N) is 1. The molecule has 0 radical (unpaired) electrons. The Morgan fingerprint density at radius 3 is 2.50 bits per heavy atom. The highest BCUT2D eigenvalue weighted by atomic mass is 16.5. The molecule has 1 aliphatic rings. The van der Waals surface area contributed by atoms with E-state index < -0.39 is 0 Å². The molecule has 1 N–H and O–H groups in total. The molecular formula is C13H15NO2. The number of aliphatic hydroxyl groups is 1. The highest BCUT2D eigenvalue weighted by Gasteiger charge is 2.43. The lowest BCUT2D eigenvalue weighted by Crippen LogP contribution is -2.12. The van der Waals surface area contributed by atoms with Crippen LogP contribution in [0.4, 0.5) is 0 Å². The van der Waals surface area contributed by atoms with E-state index in [1.54, 1.807) is 0 Å². The Morgan fingerprint density at radius 2 is 2.00 bits per heavy atom. The largest absolute Gasteiger partial charge is 0.493 e.